The molecular formula is C9H13Cl2N3O. The first-order valence-corrected chi connectivity index (χ1v) is 5.49. The Balaban J connectivity index is 2.93. The average Bonchev–Trinajstić information content (AvgIpc) is 2.21. The molecule has 4 nitrogen and oxygen atoms in total. The summed E-state index contributed by atoms with van der Waals surface area (Å²) >= 11 is 11.6. The van der Waals surface area contributed by atoms with Crippen molar-refractivity contribution in [3.05, 3.63) is 16.4 Å². The lowest BCUT2D eigenvalue weighted by Gasteiger charge is -2.23. The first-order valence-electron chi connectivity index (χ1n) is 4.73. The topological polar surface area (TPSA) is 49.2 Å². The minimum atomic E-state index is 0.0657. The van der Waals surface area contributed by atoms with Crippen molar-refractivity contribution in [1.82, 2.24) is 10.2 Å². The maximum Gasteiger partial charge on any atom is 0.175 e. The van der Waals surface area contributed by atoms with E-state index in [0.29, 0.717) is 22.5 Å². The molecule has 0 unspecified atom stereocenters. The van der Waals surface area contributed by atoms with Gasteiger partial charge in [-0.05, 0) is 6.42 Å². The number of aliphatic hydroxyl groups is 1. The quantitative estimate of drug-likeness (QED) is 0.868. The third kappa shape index (κ3) is 3.48. The molecule has 0 saturated heterocycles. The van der Waals surface area contributed by atoms with Crippen molar-refractivity contribution in [2.75, 3.05) is 24.6 Å². The number of aliphatic hydroxyl groups excluding tert-OH is 1. The minimum Gasteiger partial charge on any atom is -0.395 e. The fourth-order valence-corrected chi connectivity index (χ4v) is 1.66. The molecule has 15 heavy (non-hydrogen) atoms. The van der Waals surface area contributed by atoms with Crippen LogP contribution < -0.4 is 4.90 Å². The molecule has 0 fully saturated rings. The Hall–Kier alpha value is -0.580. The van der Waals surface area contributed by atoms with Gasteiger partial charge in [-0.25, -0.2) is 0 Å². The van der Waals surface area contributed by atoms with Gasteiger partial charge in [-0.1, -0.05) is 30.1 Å². The van der Waals surface area contributed by atoms with Crippen molar-refractivity contribution in [1.29, 1.82) is 0 Å². The number of anilines is 1. The molecule has 0 radical (unpaired) electrons. The highest BCUT2D eigenvalue weighted by molar-refractivity contribution is 6.33. The Morgan fingerprint density at radius 2 is 2.07 bits per heavy atom. The van der Waals surface area contributed by atoms with Gasteiger partial charge >= 0.3 is 0 Å². The molecule has 1 aromatic heterocycles. The van der Waals surface area contributed by atoms with Crippen molar-refractivity contribution in [2.45, 2.75) is 13.3 Å². The van der Waals surface area contributed by atoms with E-state index in [-0.39, 0.29) is 6.61 Å². The lowest BCUT2D eigenvalue weighted by molar-refractivity contribution is 0.302. The molecule has 1 heterocycles. The molecule has 0 aliphatic heterocycles. The monoisotopic (exact) mass is 249 g/mol. The van der Waals surface area contributed by atoms with E-state index < -0.39 is 0 Å². The van der Waals surface area contributed by atoms with Gasteiger partial charge in [0.25, 0.3) is 0 Å². The lowest BCUT2D eigenvalue weighted by Crippen LogP contribution is -2.28. The summed E-state index contributed by atoms with van der Waals surface area (Å²) in [5, 5.41) is 16.9. The smallest absolute Gasteiger partial charge is 0.175 e. The molecule has 0 bridgehead atoms. The van der Waals surface area contributed by atoms with Crippen LogP contribution in [-0.4, -0.2) is 35.0 Å². The number of halogens is 2. The highest BCUT2D eigenvalue weighted by atomic mass is 35.5. The molecule has 1 N–H and O–H groups in total. The molecule has 0 aromatic carbocycles. The van der Waals surface area contributed by atoms with Gasteiger partial charge in [-0.3, -0.25) is 0 Å². The van der Waals surface area contributed by atoms with E-state index in [4.69, 9.17) is 28.3 Å². The molecule has 84 valence electrons. The molecule has 1 aromatic rings. The predicted molar refractivity (Wildman–Crippen MR) is 61.6 cm³/mol. The summed E-state index contributed by atoms with van der Waals surface area (Å²) in [6.45, 7) is 3.42. The first kappa shape index (κ1) is 12.5. The van der Waals surface area contributed by atoms with Crippen molar-refractivity contribution in [3.63, 3.8) is 0 Å². The van der Waals surface area contributed by atoms with Crippen molar-refractivity contribution < 1.29 is 5.11 Å². The summed E-state index contributed by atoms with van der Waals surface area (Å²) in [6.07, 6.45) is 0.955. The minimum absolute atomic E-state index is 0.0657. The number of hydrogen-bond acceptors (Lipinski definition) is 4. The molecule has 6 heteroatoms. The van der Waals surface area contributed by atoms with Crippen molar-refractivity contribution in [3.8, 4) is 0 Å². The van der Waals surface area contributed by atoms with Crippen LogP contribution in [0.2, 0.25) is 10.3 Å². The zero-order chi connectivity index (χ0) is 11.3. The predicted octanol–water partition coefficient (Wildman–Crippen LogP) is 1.99. The van der Waals surface area contributed by atoms with Gasteiger partial charge in [0, 0.05) is 19.2 Å². The fourth-order valence-electron chi connectivity index (χ4n) is 1.31. The van der Waals surface area contributed by atoms with E-state index in [0.717, 1.165) is 13.0 Å². The second-order valence-corrected chi connectivity index (χ2v) is 3.80. The van der Waals surface area contributed by atoms with Gasteiger partial charge in [0.15, 0.2) is 10.3 Å². The van der Waals surface area contributed by atoms with Crippen LogP contribution in [0, 0.1) is 0 Å². The molecule has 1 rings (SSSR count). The summed E-state index contributed by atoms with van der Waals surface area (Å²) in [6, 6.07) is 1.65. The molecule has 0 saturated carbocycles. The Morgan fingerprint density at radius 1 is 1.33 bits per heavy atom. The van der Waals surface area contributed by atoms with Gasteiger partial charge in [0.1, 0.15) is 0 Å². The van der Waals surface area contributed by atoms with E-state index in [1.807, 2.05) is 4.90 Å². The standard InChI is InChI=1S/C9H13Cl2N3O/c1-2-3-14(4-5-15)7-6-8(10)12-13-9(7)11/h6,15H,2-5H2,1H3. The van der Waals surface area contributed by atoms with E-state index in [1.165, 1.54) is 0 Å². The maximum atomic E-state index is 8.93. The maximum absolute atomic E-state index is 8.93. The molecule has 0 spiro atoms. The van der Waals surface area contributed by atoms with E-state index in [1.54, 1.807) is 6.07 Å². The average molecular weight is 250 g/mol. The Bertz CT molecular complexity index is 316. The first-order chi connectivity index (χ1) is 7.19. The summed E-state index contributed by atoms with van der Waals surface area (Å²) in [7, 11) is 0. The van der Waals surface area contributed by atoms with Crippen LogP contribution >= 0.6 is 23.2 Å². The number of aromatic nitrogens is 2. The van der Waals surface area contributed by atoms with Crippen molar-refractivity contribution in [2.24, 2.45) is 0 Å². The van der Waals surface area contributed by atoms with Gasteiger partial charge in [-0.15, -0.1) is 10.2 Å². The van der Waals surface area contributed by atoms with E-state index in [2.05, 4.69) is 17.1 Å². The Labute approximate surface area is 98.8 Å². The van der Waals surface area contributed by atoms with Crippen LogP contribution in [0.5, 0.6) is 0 Å². The fraction of sp³-hybridized carbons (Fsp3) is 0.556. The third-order valence-corrected chi connectivity index (χ3v) is 2.36. The van der Waals surface area contributed by atoms with E-state index >= 15 is 0 Å². The second kappa shape index (κ2) is 6.10. The molecule has 0 atom stereocenters. The van der Waals surface area contributed by atoms with Gasteiger partial charge < -0.3 is 10.0 Å². The number of hydrogen-bond donors (Lipinski definition) is 1. The summed E-state index contributed by atoms with van der Waals surface area (Å²) in [4.78, 5) is 1.93. The van der Waals surface area contributed by atoms with Crippen LogP contribution in [0.4, 0.5) is 5.69 Å². The second-order valence-electron chi connectivity index (χ2n) is 3.05. The van der Waals surface area contributed by atoms with Crippen LogP contribution in [0.1, 0.15) is 13.3 Å². The largest absolute Gasteiger partial charge is 0.395 e. The van der Waals surface area contributed by atoms with E-state index in [9.17, 15) is 0 Å². The summed E-state index contributed by atoms with van der Waals surface area (Å²) in [5.74, 6) is 0. The Morgan fingerprint density at radius 3 is 2.67 bits per heavy atom. The van der Waals surface area contributed by atoms with Crippen LogP contribution in [0.25, 0.3) is 0 Å². The highest BCUT2D eigenvalue weighted by Crippen LogP contribution is 2.25. The Kier molecular flexibility index (Phi) is 5.08. The van der Waals surface area contributed by atoms with Gasteiger partial charge in [-0.2, -0.15) is 0 Å². The number of nitrogens with zero attached hydrogens (tertiary/aromatic N) is 3. The molecule has 0 amide bonds. The SMILES string of the molecule is CCCN(CCO)c1cc(Cl)nnc1Cl. The van der Waals surface area contributed by atoms with Crippen LogP contribution in [0.15, 0.2) is 6.07 Å². The highest BCUT2D eigenvalue weighted by Gasteiger charge is 2.11. The zero-order valence-electron chi connectivity index (χ0n) is 8.45. The molecule has 0 aliphatic rings. The molecular weight excluding hydrogens is 237 g/mol. The summed E-state index contributed by atoms with van der Waals surface area (Å²) < 4.78 is 0. The lowest BCUT2D eigenvalue weighted by atomic mass is 10.3. The van der Waals surface area contributed by atoms with Crippen LogP contribution in [-0.2, 0) is 0 Å². The zero-order valence-corrected chi connectivity index (χ0v) is 9.96. The van der Waals surface area contributed by atoms with Gasteiger partial charge in [0.05, 0.1) is 12.3 Å². The summed E-state index contributed by atoms with van der Waals surface area (Å²) in [5.41, 5.74) is 0.715. The molecule has 0 aliphatic carbocycles. The number of rotatable bonds is 5. The van der Waals surface area contributed by atoms with Gasteiger partial charge in [0.2, 0.25) is 0 Å². The van der Waals surface area contributed by atoms with Crippen LogP contribution in [0.3, 0.4) is 0 Å². The third-order valence-electron chi connectivity index (χ3n) is 1.90. The van der Waals surface area contributed by atoms with Crippen molar-refractivity contribution >= 4 is 28.9 Å². The normalized spacial score (nSPS) is 10.4.